The zero-order chi connectivity index (χ0) is 20.5. The van der Waals surface area contributed by atoms with Crippen molar-refractivity contribution < 1.29 is 4.74 Å². The molecule has 0 aliphatic carbocycles. The first-order valence-corrected chi connectivity index (χ1v) is 10.0. The second-order valence-electron chi connectivity index (χ2n) is 6.92. The SMILES string of the molecule is COc1cc(C)c(C2=c3ccc(=C(C#N)C#N)cc3Sc3ccccc32)c(C)c1. The molecule has 0 fully saturated rings. The first-order chi connectivity index (χ1) is 14.1. The lowest BCUT2D eigenvalue weighted by Crippen LogP contribution is -2.20. The Morgan fingerprint density at radius 2 is 1.59 bits per heavy atom. The van der Waals surface area contributed by atoms with Gasteiger partial charge < -0.3 is 4.74 Å². The molecule has 0 N–H and O–H groups in total. The Balaban J connectivity index is 2.15. The molecule has 1 heterocycles. The molecule has 0 unspecified atom stereocenters. The third kappa shape index (κ3) is 3.18. The summed E-state index contributed by atoms with van der Waals surface area (Å²) in [5, 5.41) is 20.3. The average Bonchev–Trinajstić information content (AvgIpc) is 2.73. The first kappa shape index (κ1) is 18.9. The summed E-state index contributed by atoms with van der Waals surface area (Å²) >= 11 is 1.68. The zero-order valence-electron chi connectivity index (χ0n) is 16.4. The van der Waals surface area contributed by atoms with E-state index < -0.39 is 0 Å². The van der Waals surface area contributed by atoms with Crippen LogP contribution in [0.1, 0.15) is 22.3 Å². The van der Waals surface area contributed by atoms with E-state index in [9.17, 15) is 10.5 Å². The largest absolute Gasteiger partial charge is 0.497 e. The molecule has 0 bridgehead atoms. The van der Waals surface area contributed by atoms with Crippen LogP contribution < -0.4 is 15.2 Å². The molecular weight excluding hydrogens is 376 g/mol. The van der Waals surface area contributed by atoms with Crippen molar-refractivity contribution in [3.8, 4) is 17.9 Å². The van der Waals surface area contributed by atoms with Crippen LogP contribution in [0.25, 0.3) is 11.1 Å². The Labute approximate surface area is 174 Å². The van der Waals surface area contributed by atoms with Crippen LogP contribution in [0.5, 0.6) is 5.75 Å². The molecule has 0 saturated heterocycles. The standard InChI is InChI=1S/C25H18N2OS/c1-15-10-19(28-3)11-16(2)24(15)25-20-6-4-5-7-22(20)29-23-12-17(8-9-21(23)25)18(13-26)14-27/h4-12H,1-3H3. The van der Waals surface area contributed by atoms with E-state index in [1.165, 1.54) is 16.7 Å². The highest BCUT2D eigenvalue weighted by Crippen LogP contribution is 2.40. The van der Waals surface area contributed by atoms with E-state index in [4.69, 9.17) is 4.74 Å². The molecule has 3 aromatic rings. The molecular formula is C25H18N2OS. The predicted molar refractivity (Wildman–Crippen MR) is 115 cm³/mol. The van der Waals surface area contributed by atoms with Crippen molar-refractivity contribution in [1.82, 2.24) is 0 Å². The van der Waals surface area contributed by atoms with E-state index in [1.54, 1.807) is 18.9 Å². The van der Waals surface area contributed by atoms with Crippen molar-refractivity contribution in [2.24, 2.45) is 0 Å². The molecule has 0 atom stereocenters. The minimum Gasteiger partial charge on any atom is -0.497 e. The Morgan fingerprint density at radius 1 is 0.897 bits per heavy atom. The molecule has 0 spiro atoms. The van der Waals surface area contributed by atoms with E-state index in [2.05, 4.69) is 44.2 Å². The number of rotatable bonds is 2. The van der Waals surface area contributed by atoms with E-state index in [-0.39, 0.29) is 5.57 Å². The molecule has 0 aromatic heterocycles. The summed E-state index contributed by atoms with van der Waals surface area (Å²) in [6.45, 7) is 4.21. The van der Waals surface area contributed by atoms with Gasteiger partial charge in [-0.25, -0.2) is 0 Å². The van der Waals surface area contributed by atoms with E-state index in [1.807, 2.05) is 36.4 Å². The molecule has 4 rings (SSSR count). The van der Waals surface area contributed by atoms with Gasteiger partial charge in [-0.05, 0) is 71.2 Å². The molecule has 29 heavy (non-hydrogen) atoms. The summed E-state index contributed by atoms with van der Waals surface area (Å²) in [7, 11) is 1.68. The van der Waals surface area contributed by atoms with Crippen LogP contribution in [0.4, 0.5) is 0 Å². The van der Waals surface area contributed by atoms with Gasteiger partial charge >= 0.3 is 0 Å². The summed E-state index contributed by atoms with van der Waals surface area (Å²) in [6.07, 6.45) is 0. The number of methoxy groups -OCH3 is 1. The molecule has 3 aromatic carbocycles. The maximum atomic E-state index is 9.26. The van der Waals surface area contributed by atoms with Crippen molar-refractivity contribution in [2.45, 2.75) is 23.6 Å². The molecule has 1 aliphatic heterocycles. The van der Waals surface area contributed by atoms with Crippen molar-refractivity contribution in [1.29, 1.82) is 10.5 Å². The zero-order valence-corrected chi connectivity index (χ0v) is 17.2. The van der Waals surface area contributed by atoms with Crippen molar-refractivity contribution in [2.75, 3.05) is 7.11 Å². The minimum absolute atomic E-state index is 0.130. The highest BCUT2D eigenvalue weighted by Gasteiger charge is 2.21. The quantitative estimate of drug-likeness (QED) is 0.511. The van der Waals surface area contributed by atoms with Crippen LogP contribution >= 0.6 is 11.8 Å². The Morgan fingerprint density at radius 3 is 2.24 bits per heavy atom. The molecule has 0 radical (unpaired) electrons. The topological polar surface area (TPSA) is 56.8 Å². The van der Waals surface area contributed by atoms with Gasteiger partial charge in [-0.1, -0.05) is 42.1 Å². The number of nitrogens with zero attached hydrogens (tertiary/aromatic N) is 2. The van der Waals surface area contributed by atoms with Gasteiger partial charge in [-0.2, -0.15) is 10.5 Å². The summed E-state index contributed by atoms with van der Waals surface area (Å²) < 4.78 is 5.45. The van der Waals surface area contributed by atoms with Crippen LogP contribution in [-0.4, -0.2) is 7.11 Å². The maximum absolute atomic E-state index is 9.26. The monoisotopic (exact) mass is 394 g/mol. The Hall–Kier alpha value is -3.47. The third-order valence-corrected chi connectivity index (χ3v) is 6.27. The normalized spacial score (nSPS) is 11.7. The number of hydrogen-bond acceptors (Lipinski definition) is 4. The maximum Gasteiger partial charge on any atom is 0.136 e. The van der Waals surface area contributed by atoms with Gasteiger partial charge in [0.2, 0.25) is 0 Å². The summed E-state index contributed by atoms with van der Waals surface area (Å²) in [5.41, 5.74) is 5.99. The van der Waals surface area contributed by atoms with Crippen LogP contribution in [0, 0.1) is 36.5 Å². The lowest BCUT2D eigenvalue weighted by Gasteiger charge is -2.23. The molecule has 4 heteroatoms. The molecule has 1 aliphatic rings. The van der Waals surface area contributed by atoms with Crippen LogP contribution in [0.15, 0.2) is 64.4 Å². The molecule has 0 amide bonds. The molecule has 140 valence electrons. The fraction of sp³-hybridized carbons (Fsp3) is 0.120. The lowest BCUT2D eigenvalue weighted by atomic mass is 9.88. The van der Waals surface area contributed by atoms with Gasteiger partial charge in [0.25, 0.3) is 0 Å². The highest BCUT2D eigenvalue weighted by molar-refractivity contribution is 7.99. The van der Waals surface area contributed by atoms with Gasteiger partial charge in [0.1, 0.15) is 23.5 Å². The van der Waals surface area contributed by atoms with Crippen molar-refractivity contribution >= 4 is 22.9 Å². The van der Waals surface area contributed by atoms with Gasteiger partial charge in [-0.3, -0.25) is 0 Å². The number of ether oxygens (including phenoxy) is 1. The third-order valence-electron chi connectivity index (χ3n) is 5.13. The van der Waals surface area contributed by atoms with Gasteiger partial charge in [0.05, 0.1) is 7.11 Å². The minimum atomic E-state index is 0.130. The van der Waals surface area contributed by atoms with Gasteiger partial charge in [-0.15, -0.1) is 0 Å². The van der Waals surface area contributed by atoms with E-state index in [0.717, 1.165) is 31.9 Å². The van der Waals surface area contributed by atoms with Crippen molar-refractivity contribution in [3.63, 3.8) is 0 Å². The number of aryl methyl sites for hydroxylation is 2. The van der Waals surface area contributed by atoms with Crippen LogP contribution in [0.2, 0.25) is 0 Å². The van der Waals surface area contributed by atoms with Gasteiger partial charge in [0, 0.05) is 15.0 Å². The second-order valence-corrected chi connectivity index (χ2v) is 8.00. The summed E-state index contributed by atoms with van der Waals surface area (Å²) in [6, 6.07) is 22.3. The van der Waals surface area contributed by atoms with Crippen LogP contribution in [-0.2, 0) is 0 Å². The smallest absolute Gasteiger partial charge is 0.136 e. The van der Waals surface area contributed by atoms with Crippen LogP contribution in [0.3, 0.4) is 0 Å². The van der Waals surface area contributed by atoms with E-state index in [0.29, 0.717) is 5.22 Å². The predicted octanol–water partition coefficient (Wildman–Crippen LogP) is 4.22. The summed E-state index contributed by atoms with van der Waals surface area (Å²) in [5.74, 6) is 0.848. The molecule has 0 saturated carbocycles. The second kappa shape index (κ2) is 7.51. The Kier molecular flexibility index (Phi) is 4.89. The summed E-state index contributed by atoms with van der Waals surface area (Å²) in [4.78, 5) is 2.21. The first-order valence-electron chi connectivity index (χ1n) is 9.19. The van der Waals surface area contributed by atoms with E-state index >= 15 is 0 Å². The number of benzene rings is 3. The van der Waals surface area contributed by atoms with Gasteiger partial charge in [0.15, 0.2) is 0 Å². The number of hydrogen-bond donors (Lipinski definition) is 0. The van der Waals surface area contributed by atoms with Crippen molar-refractivity contribution in [3.05, 3.63) is 87.3 Å². The Bertz CT molecular complexity index is 1320. The average molecular weight is 394 g/mol. The number of fused-ring (bicyclic) bond motifs is 2. The molecule has 3 nitrogen and oxygen atoms in total. The fourth-order valence-electron chi connectivity index (χ4n) is 3.85. The highest BCUT2D eigenvalue weighted by atomic mass is 32.2. The number of nitriles is 2. The fourth-order valence-corrected chi connectivity index (χ4v) is 4.98. The lowest BCUT2D eigenvalue weighted by molar-refractivity contribution is 0.414.